The van der Waals surface area contributed by atoms with Crippen molar-refractivity contribution in [2.75, 3.05) is 7.11 Å². The van der Waals surface area contributed by atoms with E-state index in [4.69, 9.17) is 9.47 Å². The first-order chi connectivity index (χ1) is 11.8. The van der Waals surface area contributed by atoms with E-state index < -0.39 is 0 Å². The first-order valence-electron chi connectivity index (χ1n) is 9.85. The number of ether oxygens (including phenoxy) is 2. The molecule has 0 unspecified atom stereocenters. The smallest absolute Gasteiger partial charge is 0.118 e. The molecule has 1 aromatic carbocycles. The van der Waals surface area contributed by atoms with Crippen molar-refractivity contribution in [1.29, 1.82) is 0 Å². The van der Waals surface area contributed by atoms with E-state index >= 15 is 0 Å². The summed E-state index contributed by atoms with van der Waals surface area (Å²) >= 11 is 0. The lowest BCUT2D eigenvalue weighted by Crippen LogP contribution is -2.42. The summed E-state index contributed by atoms with van der Waals surface area (Å²) in [5.41, 5.74) is 1.66. The standard InChI is InChI=1S/C21H31NO2/c1-23-18-10-6-16(7-11-18)21(14-15-21)22-17-8-12-20(13-9-17)24-19-4-2-3-5-19/h6-7,10-11,17,19-20,22H,2-5,8-9,12-15H2,1H3. The average Bonchev–Trinajstić information content (AvgIpc) is 3.22. The highest BCUT2D eigenvalue weighted by molar-refractivity contribution is 5.35. The predicted octanol–water partition coefficient (Wildman–Crippen LogP) is 4.54. The molecule has 0 radical (unpaired) electrons. The summed E-state index contributed by atoms with van der Waals surface area (Å²) in [6, 6.07) is 9.28. The third-order valence-electron chi connectivity index (χ3n) is 6.23. The van der Waals surface area contributed by atoms with Gasteiger partial charge in [-0.3, -0.25) is 0 Å². The minimum absolute atomic E-state index is 0.232. The Kier molecular flexibility index (Phi) is 4.82. The second-order valence-corrected chi connectivity index (χ2v) is 7.97. The van der Waals surface area contributed by atoms with Gasteiger partial charge < -0.3 is 14.8 Å². The summed E-state index contributed by atoms with van der Waals surface area (Å²) in [7, 11) is 1.73. The lowest BCUT2D eigenvalue weighted by Gasteiger charge is -2.33. The van der Waals surface area contributed by atoms with E-state index in [0.29, 0.717) is 18.2 Å². The SMILES string of the molecule is COc1ccc(C2(NC3CCC(OC4CCCC4)CC3)CC2)cc1. The quantitative estimate of drug-likeness (QED) is 0.831. The van der Waals surface area contributed by atoms with Crippen molar-refractivity contribution in [2.24, 2.45) is 0 Å². The molecule has 0 spiro atoms. The van der Waals surface area contributed by atoms with Crippen molar-refractivity contribution in [3.8, 4) is 5.75 Å². The second-order valence-electron chi connectivity index (χ2n) is 7.97. The number of nitrogens with one attached hydrogen (secondary N) is 1. The van der Waals surface area contributed by atoms with E-state index in [-0.39, 0.29) is 5.54 Å². The third kappa shape index (κ3) is 3.62. The topological polar surface area (TPSA) is 30.5 Å². The number of benzene rings is 1. The zero-order valence-electron chi connectivity index (χ0n) is 14.9. The van der Waals surface area contributed by atoms with Gasteiger partial charge >= 0.3 is 0 Å². The highest BCUT2D eigenvalue weighted by Crippen LogP contribution is 2.47. The van der Waals surface area contributed by atoms with Crippen LogP contribution in [-0.2, 0) is 10.3 Å². The minimum atomic E-state index is 0.232. The number of rotatable bonds is 6. The maximum Gasteiger partial charge on any atom is 0.118 e. The van der Waals surface area contributed by atoms with Gasteiger partial charge in [-0.1, -0.05) is 25.0 Å². The number of hydrogen-bond acceptors (Lipinski definition) is 3. The Hall–Kier alpha value is -1.06. The molecule has 0 aromatic heterocycles. The van der Waals surface area contributed by atoms with Gasteiger partial charge in [-0.2, -0.15) is 0 Å². The van der Waals surface area contributed by atoms with E-state index in [1.54, 1.807) is 7.11 Å². The summed E-state index contributed by atoms with van der Waals surface area (Å²) in [5, 5.41) is 3.98. The Bertz CT molecular complexity index is 523. The molecule has 3 nitrogen and oxygen atoms in total. The van der Waals surface area contributed by atoms with Crippen LogP contribution in [0.15, 0.2) is 24.3 Å². The molecule has 1 N–H and O–H groups in total. The first kappa shape index (κ1) is 16.4. The van der Waals surface area contributed by atoms with Crippen LogP contribution in [0.1, 0.15) is 69.8 Å². The molecule has 0 aliphatic heterocycles. The molecule has 3 heteroatoms. The van der Waals surface area contributed by atoms with E-state index in [0.717, 1.165) is 5.75 Å². The molecule has 3 fully saturated rings. The highest BCUT2D eigenvalue weighted by Gasteiger charge is 2.45. The summed E-state index contributed by atoms with van der Waals surface area (Å²) in [6.07, 6.45) is 13.9. The molecule has 3 saturated carbocycles. The lowest BCUT2D eigenvalue weighted by molar-refractivity contribution is -0.0304. The molecule has 0 amide bonds. The van der Waals surface area contributed by atoms with Crippen LogP contribution in [-0.4, -0.2) is 25.4 Å². The highest BCUT2D eigenvalue weighted by atomic mass is 16.5. The fourth-order valence-corrected chi connectivity index (χ4v) is 4.58. The molecule has 0 atom stereocenters. The van der Waals surface area contributed by atoms with Crippen LogP contribution < -0.4 is 10.1 Å². The monoisotopic (exact) mass is 329 g/mol. The number of methoxy groups -OCH3 is 1. The summed E-state index contributed by atoms with van der Waals surface area (Å²) in [4.78, 5) is 0. The van der Waals surface area contributed by atoms with Gasteiger partial charge in [0.15, 0.2) is 0 Å². The van der Waals surface area contributed by atoms with Gasteiger partial charge in [0.2, 0.25) is 0 Å². The summed E-state index contributed by atoms with van der Waals surface area (Å²) < 4.78 is 11.6. The van der Waals surface area contributed by atoms with Crippen LogP contribution in [0.4, 0.5) is 0 Å². The molecule has 0 bridgehead atoms. The Morgan fingerprint density at radius 1 is 0.875 bits per heavy atom. The summed E-state index contributed by atoms with van der Waals surface area (Å²) in [5.74, 6) is 0.944. The van der Waals surface area contributed by atoms with Crippen LogP contribution in [0.3, 0.4) is 0 Å². The van der Waals surface area contributed by atoms with Crippen LogP contribution in [0.5, 0.6) is 5.75 Å². The minimum Gasteiger partial charge on any atom is -0.497 e. The molecule has 3 aliphatic carbocycles. The largest absolute Gasteiger partial charge is 0.497 e. The molecule has 3 aliphatic rings. The molecule has 132 valence electrons. The van der Waals surface area contributed by atoms with Gasteiger partial charge in [-0.25, -0.2) is 0 Å². The zero-order valence-corrected chi connectivity index (χ0v) is 14.9. The Morgan fingerprint density at radius 2 is 1.50 bits per heavy atom. The van der Waals surface area contributed by atoms with Crippen LogP contribution in [0, 0.1) is 0 Å². The molecule has 0 heterocycles. The van der Waals surface area contributed by atoms with E-state index in [1.807, 2.05) is 0 Å². The van der Waals surface area contributed by atoms with Crippen molar-refractivity contribution >= 4 is 0 Å². The van der Waals surface area contributed by atoms with Gasteiger partial charge in [-0.05, 0) is 69.1 Å². The maximum atomic E-state index is 6.31. The van der Waals surface area contributed by atoms with Crippen LogP contribution in [0.25, 0.3) is 0 Å². The van der Waals surface area contributed by atoms with E-state index in [9.17, 15) is 0 Å². The maximum absolute atomic E-state index is 6.31. The molecule has 24 heavy (non-hydrogen) atoms. The Morgan fingerprint density at radius 3 is 2.08 bits per heavy atom. The van der Waals surface area contributed by atoms with Crippen molar-refractivity contribution in [3.05, 3.63) is 29.8 Å². The van der Waals surface area contributed by atoms with Crippen molar-refractivity contribution in [2.45, 2.75) is 88.0 Å². The fourth-order valence-electron chi connectivity index (χ4n) is 4.58. The van der Waals surface area contributed by atoms with Crippen LogP contribution in [0.2, 0.25) is 0 Å². The van der Waals surface area contributed by atoms with Gasteiger partial charge in [0.25, 0.3) is 0 Å². The lowest BCUT2D eigenvalue weighted by atomic mass is 9.91. The molecule has 1 aromatic rings. The van der Waals surface area contributed by atoms with Crippen molar-refractivity contribution in [1.82, 2.24) is 5.32 Å². The van der Waals surface area contributed by atoms with Gasteiger partial charge in [0.05, 0.1) is 19.3 Å². The Labute approximate surface area is 146 Å². The van der Waals surface area contributed by atoms with Crippen molar-refractivity contribution < 1.29 is 9.47 Å². The average molecular weight is 329 g/mol. The molecule has 0 saturated heterocycles. The van der Waals surface area contributed by atoms with Gasteiger partial charge in [0.1, 0.15) is 5.75 Å². The molecular weight excluding hydrogens is 298 g/mol. The first-order valence-corrected chi connectivity index (χ1v) is 9.85. The predicted molar refractivity (Wildman–Crippen MR) is 96.4 cm³/mol. The van der Waals surface area contributed by atoms with E-state index in [1.165, 1.54) is 69.8 Å². The van der Waals surface area contributed by atoms with Gasteiger partial charge in [0, 0.05) is 11.6 Å². The fraction of sp³-hybridized carbons (Fsp3) is 0.714. The van der Waals surface area contributed by atoms with Gasteiger partial charge in [-0.15, -0.1) is 0 Å². The molecule has 4 rings (SSSR count). The number of hydrogen-bond donors (Lipinski definition) is 1. The van der Waals surface area contributed by atoms with Crippen LogP contribution >= 0.6 is 0 Å². The summed E-state index contributed by atoms with van der Waals surface area (Å²) in [6.45, 7) is 0. The van der Waals surface area contributed by atoms with E-state index in [2.05, 4.69) is 29.6 Å². The Balaban J connectivity index is 1.28. The normalized spacial score (nSPS) is 29.5. The second kappa shape index (κ2) is 7.05. The molecular formula is C21H31NO2. The third-order valence-corrected chi connectivity index (χ3v) is 6.23. The zero-order chi connectivity index (χ0) is 16.4. The van der Waals surface area contributed by atoms with Crippen molar-refractivity contribution in [3.63, 3.8) is 0 Å².